The first-order valence-electron chi connectivity index (χ1n) is 7.13. The summed E-state index contributed by atoms with van der Waals surface area (Å²) in [5.41, 5.74) is 6.06. The molecule has 1 saturated heterocycles. The van der Waals surface area contributed by atoms with Gasteiger partial charge in [0.1, 0.15) is 0 Å². The smallest absolute Gasteiger partial charge is 0.00419 e. The molecule has 1 aliphatic heterocycles. The van der Waals surface area contributed by atoms with Gasteiger partial charge in [-0.1, -0.05) is 20.3 Å². The van der Waals surface area contributed by atoms with Gasteiger partial charge in [-0.2, -0.15) is 0 Å². The van der Waals surface area contributed by atoms with Crippen LogP contribution in [0.5, 0.6) is 0 Å². The fraction of sp³-hybridized carbons (Fsp3) is 1.00. The number of rotatable bonds is 2. The molecule has 0 aromatic rings. The molecule has 2 N–H and O–H groups in total. The van der Waals surface area contributed by atoms with Gasteiger partial charge in [-0.05, 0) is 50.0 Å². The molecular formula is C14H28N2. The van der Waals surface area contributed by atoms with Gasteiger partial charge in [0.15, 0.2) is 0 Å². The molecule has 1 saturated carbocycles. The normalized spacial score (nSPS) is 42.2. The number of likely N-dealkylation sites (tertiary alicyclic amines) is 1. The molecule has 2 heteroatoms. The molecule has 0 aromatic carbocycles. The third kappa shape index (κ3) is 3.21. The average molecular weight is 224 g/mol. The van der Waals surface area contributed by atoms with Gasteiger partial charge in [-0.3, -0.25) is 0 Å². The highest BCUT2D eigenvalue weighted by Crippen LogP contribution is 2.27. The zero-order chi connectivity index (χ0) is 11.5. The van der Waals surface area contributed by atoms with Crippen molar-refractivity contribution in [3.63, 3.8) is 0 Å². The Kier molecular flexibility index (Phi) is 4.26. The summed E-state index contributed by atoms with van der Waals surface area (Å²) < 4.78 is 0. The van der Waals surface area contributed by atoms with Crippen LogP contribution in [0, 0.1) is 17.8 Å². The van der Waals surface area contributed by atoms with Crippen LogP contribution in [0.1, 0.15) is 46.0 Å². The second kappa shape index (κ2) is 5.50. The Bertz CT molecular complexity index is 217. The van der Waals surface area contributed by atoms with E-state index >= 15 is 0 Å². The van der Waals surface area contributed by atoms with Crippen LogP contribution in [-0.2, 0) is 0 Å². The molecule has 4 unspecified atom stereocenters. The van der Waals surface area contributed by atoms with E-state index in [1.54, 1.807) is 0 Å². The third-order valence-corrected chi connectivity index (χ3v) is 4.76. The topological polar surface area (TPSA) is 29.3 Å². The van der Waals surface area contributed by atoms with Crippen LogP contribution in [0.4, 0.5) is 0 Å². The number of hydrogen-bond acceptors (Lipinski definition) is 2. The first-order chi connectivity index (χ1) is 7.65. The van der Waals surface area contributed by atoms with Crippen molar-refractivity contribution in [2.24, 2.45) is 23.5 Å². The van der Waals surface area contributed by atoms with Crippen molar-refractivity contribution in [2.45, 2.75) is 52.0 Å². The quantitative estimate of drug-likeness (QED) is 0.781. The van der Waals surface area contributed by atoms with E-state index in [4.69, 9.17) is 5.73 Å². The first kappa shape index (κ1) is 12.4. The van der Waals surface area contributed by atoms with E-state index in [1.165, 1.54) is 51.7 Å². The molecule has 0 aromatic heterocycles. The van der Waals surface area contributed by atoms with E-state index in [0.717, 1.165) is 17.8 Å². The second-order valence-corrected chi connectivity index (χ2v) is 6.30. The van der Waals surface area contributed by atoms with Gasteiger partial charge in [0.2, 0.25) is 0 Å². The molecule has 0 amide bonds. The lowest BCUT2D eigenvalue weighted by Crippen LogP contribution is -2.42. The highest BCUT2D eigenvalue weighted by atomic mass is 15.1. The van der Waals surface area contributed by atoms with E-state index in [9.17, 15) is 0 Å². The number of hydrogen-bond donors (Lipinski definition) is 1. The van der Waals surface area contributed by atoms with Crippen LogP contribution in [0.2, 0.25) is 0 Å². The van der Waals surface area contributed by atoms with E-state index in [1.807, 2.05) is 0 Å². The molecule has 0 spiro atoms. The Morgan fingerprint density at radius 3 is 2.62 bits per heavy atom. The summed E-state index contributed by atoms with van der Waals surface area (Å²) in [5, 5.41) is 0. The first-order valence-corrected chi connectivity index (χ1v) is 7.13. The fourth-order valence-electron chi connectivity index (χ4n) is 3.38. The second-order valence-electron chi connectivity index (χ2n) is 6.30. The van der Waals surface area contributed by atoms with Crippen molar-refractivity contribution in [1.29, 1.82) is 0 Å². The van der Waals surface area contributed by atoms with Gasteiger partial charge >= 0.3 is 0 Å². The standard InChI is InChI=1S/C14H28N2/c1-11-6-7-16(9-12(11)2)10-13-4-3-5-14(15)8-13/h11-14H,3-10,15H2,1-2H3. The minimum Gasteiger partial charge on any atom is -0.328 e. The van der Waals surface area contributed by atoms with Gasteiger partial charge in [0, 0.05) is 19.1 Å². The van der Waals surface area contributed by atoms with Crippen LogP contribution in [0.25, 0.3) is 0 Å². The average Bonchev–Trinajstić information content (AvgIpc) is 2.24. The zero-order valence-electron chi connectivity index (χ0n) is 11.0. The zero-order valence-corrected chi connectivity index (χ0v) is 11.0. The summed E-state index contributed by atoms with van der Waals surface area (Å²) in [7, 11) is 0. The largest absolute Gasteiger partial charge is 0.328 e. The molecule has 0 bridgehead atoms. The molecule has 16 heavy (non-hydrogen) atoms. The lowest BCUT2D eigenvalue weighted by atomic mass is 9.84. The van der Waals surface area contributed by atoms with Crippen molar-refractivity contribution in [3.8, 4) is 0 Å². The van der Waals surface area contributed by atoms with Crippen LogP contribution >= 0.6 is 0 Å². The van der Waals surface area contributed by atoms with Crippen LogP contribution < -0.4 is 5.73 Å². The Morgan fingerprint density at radius 2 is 1.94 bits per heavy atom. The van der Waals surface area contributed by atoms with Gasteiger partial charge < -0.3 is 10.6 Å². The Hall–Kier alpha value is -0.0800. The molecule has 4 atom stereocenters. The predicted octanol–water partition coefficient (Wildman–Crippen LogP) is 2.48. The molecular weight excluding hydrogens is 196 g/mol. The summed E-state index contributed by atoms with van der Waals surface area (Å²) in [6.07, 6.45) is 6.67. The maximum absolute atomic E-state index is 6.06. The van der Waals surface area contributed by atoms with Crippen molar-refractivity contribution in [1.82, 2.24) is 4.90 Å². The van der Waals surface area contributed by atoms with Gasteiger partial charge in [0.25, 0.3) is 0 Å². The number of nitrogens with zero attached hydrogens (tertiary/aromatic N) is 1. The van der Waals surface area contributed by atoms with E-state index in [2.05, 4.69) is 18.7 Å². The van der Waals surface area contributed by atoms with E-state index in [0.29, 0.717) is 6.04 Å². The van der Waals surface area contributed by atoms with E-state index in [-0.39, 0.29) is 0 Å². The summed E-state index contributed by atoms with van der Waals surface area (Å²) in [6, 6.07) is 0.486. The fourth-order valence-corrected chi connectivity index (χ4v) is 3.38. The monoisotopic (exact) mass is 224 g/mol. The molecule has 1 heterocycles. The highest BCUT2D eigenvalue weighted by molar-refractivity contribution is 4.81. The van der Waals surface area contributed by atoms with Crippen molar-refractivity contribution in [2.75, 3.05) is 19.6 Å². The molecule has 94 valence electrons. The third-order valence-electron chi connectivity index (χ3n) is 4.76. The minimum atomic E-state index is 0.486. The maximum atomic E-state index is 6.06. The molecule has 2 fully saturated rings. The molecule has 1 aliphatic carbocycles. The van der Waals surface area contributed by atoms with Crippen LogP contribution in [0.15, 0.2) is 0 Å². The highest BCUT2D eigenvalue weighted by Gasteiger charge is 2.26. The Balaban J connectivity index is 1.76. The summed E-state index contributed by atoms with van der Waals surface area (Å²) >= 11 is 0. The van der Waals surface area contributed by atoms with Crippen molar-refractivity contribution < 1.29 is 0 Å². The lowest BCUT2D eigenvalue weighted by Gasteiger charge is -2.38. The Labute approximate surface area is 101 Å². The van der Waals surface area contributed by atoms with Crippen LogP contribution in [0.3, 0.4) is 0 Å². The molecule has 2 nitrogen and oxygen atoms in total. The van der Waals surface area contributed by atoms with Crippen molar-refractivity contribution in [3.05, 3.63) is 0 Å². The van der Waals surface area contributed by atoms with Crippen molar-refractivity contribution >= 4 is 0 Å². The molecule has 2 aliphatic rings. The summed E-state index contributed by atoms with van der Waals surface area (Å²) in [5.74, 6) is 2.68. The number of piperidine rings is 1. The SMILES string of the molecule is CC1CCN(CC2CCCC(N)C2)CC1C. The van der Waals surface area contributed by atoms with Gasteiger partial charge in [-0.25, -0.2) is 0 Å². The predicted molar refractivity (Wildman–Crippen MR) is 69.3 cm³/mol. The van der Waals surface area contributed by atoms with E-state index < -0.39 is 0 Å². The summed E-state index contributed by atoms with van der Waals surface area (Å²) in [4.78, 5) is 2.69. The summed E-state index contributed by atoms with van der Waals surface area (Å²) in [6.45, 7) is 8.75. The number of nitrogens with two attached hydrogens (primary N) is 1. The van der Waals surface area contributed by atoms with Gasteiger partial charge in [0.05, 0.1) is 0 Å². The lowest BCUT2D eigenvalue weighted by molar-refractivity contribution is 0.109. The molecule has 0 radical (unpaired) electrons. The maximum Gasteiger partial charge on any atom is 0.00419 e. The van der Waals surface area contributed by atoms with Gasteiger partial charge in [-0.15, -0.1) is 0 Å². The minimum absolute atomic E-state index is 0.486. The molecule has 2 rings (SSSR count). The Morgan fingerprint density at radius 1 is 1.12 bits per heavy atom. The van der Waals surface area contributed by atoms with Crippen LogP contribution in [-0.4, -0.2) is 30.6 Å².